The van der Waals surface area contributed by atoms with Gasteiger partial charge in [-0.1, -0.05) is 42.0 Å². The highest BCUT2D eigenvalue weighted by atomic mass is 16.2. The van der Waals surface area contributed by atoms with E-state index in [9.17, 15) is 9.59 Å². The van der Waals surface area contributed by atoms with Crippen LogP contribution in [0.1, 0.15) is 35.1 Å². The van der Waals surface area contributed by atoms with Gasteiger partial charge >= 0.3 is 0 Å². The molecule has 0 aromatic heterocycles. The number of carbonyl (C=O) groups is 2. The van der Waals surface area contributed by atoms with Crippen molar-refractivity contribution in [3.05, 3.63) is 64.7 Å². The van der Waals surface area contributed by atoms with Gasteiger partial charge in [-0.2, -0.15) is 0 Å². The minimum absolute atomic E-state index is 0.0192. The number of aryl methyl sites for hydroxylation is 2. The van der Waals surface area contributed by atoms with Gasteiger partial charge in [-0.05, 0) is 55.9 Å². The van der Waals surface area contributed by atoms with Crippen molar-refractivity contribution in [2.24, 2.45) is 5.41 Å². The summed E-state index contributed by atoms with van der Waals surface area (Å²) in [4.78, 5) is 27.9. The molecule has 134 valence electrons. The molecule has 4 heteroatoms. The van der Waals surface area contributed by atoms with Crippen LogP contribution in [0.25, 0.3) is 0 Å². The van der Waals surface area contributed by atoms with Crippen LogP contribution in [0.15, 0.2) is 42.5 Å². The van der Waals surface area contributed by atoms with Crippen molar-refractivity contribution >= 4 is 17.5 Å². The number of anilines is 1. The smallest absolute Gasteiger partial charge is 0.240 e. The summed E-state index contributed by atoms with van der Waals surface area (Å²) in [6.07, 6.45) is 2.14. The molecule has 1 fully saturated rings. The van der Waals surface area contributed by atoms with E-state index in [0.717, 1.165) is 23.2 Å². The monoisotopic (exact) mass is 348 g/mol. The van der Waals surface area contributed by atoms with E-state index in [4.69, 9.17) is 0 Å². The maximum Gasteiger partial charge on any atom is 0.240 e. The van der Waals surface area contributed by atoms with E-state index in [0.29, 0.717) is 25.9 Å². The second-order valence-corrected chi connectivity index (χ2v) is 7.60. The minimum atomic E-state index is -0.871. The molecule has 26 heavy (non-hydrogen) atoms. The van der Waals surface area contributed by atoms with Crippen LogP contribution < -0.4 is 5.32 Å². The molecule has 0 unspecified atom stereocenters. The number of hydrogen-bond donors (Lipinski definition) is 1. The summed E-state index contributed by atoms with van der Waals surface area (Å²) in [6, 6.07) is 14.2. The average Bonchev–Trinajstić information content (AvgIpc) is 3.45. The Bertz CT molecular complexity index is 883. The molecule has 1 saturated carbocycles. The minimum Gasteiger partial charge on any atom is -0.337 e. The highest BCUT2D eigenvalue weighted by molar-refractivity contribution is 6.13. The largest absolute Gasteiger partial charge is 0.337 e. The number of benzene rings is 2. The van der Waals surface area contributed by atoms with Gasteiger partial charge in [0.05, 0.1) is 0 Å². The van der Waals surface area contributed by atoms with E-state index >= 15 is 0 Å². The van der Waals surface area contributed by atoms with E-state index in [1.807, 2.05) is 49.1 Å². The number of hydrogen-bond acceptors (Lipinski definition) is 2. The summed E-state index contributed by atoms with van der Waals surface area (Å²) in [6.45, 7) is 5.30. The summed E-state index contributed by atoms with van der Waals surface area (Å²) in [5.74, 6) is -0.178. The number of rotatable bonds is 3. The van der Waals surface area contributed by atoms with Crippen LogP contribution in [0.5, 0.6) is 0 Å². The summed E-state index contributed by atoms with van der Waals surface area (Å²) in [5, 5.41) is 2.99. The van der Waals surface area contributed by atoms with Crippen molar-refractivity contribution in [1.29, 1.82) is 0 Å². The zero-order valence-electron chi connectivity index (χ0n) is 15.3. The lowest BCUT2D eigenvalue weighted by Gasteiger charge is -2.31. The predicted octanol–water partition coefficient (Wildman–Crippen LogP) is 3.61. The maximum atomic E-state index is 13.1. The Morgan fingerprint density at radius 2 is 1.77 bits per heavy atom. The van der Waals surface area contributed by atoms with Gasteiger partial charge < -0.3 is 10.2 Å². The highest BCUT2D eigenvalue weighted by Crippen LogP contribution is 2.48. The first kappa shape index (κ1) is 16.8. The molecule has 0 spiro atoms. The van der Waals surface area contributed by atoms with E-state index in [-0.39, 0.29) is 11.8 Å². The van der Waals surface area contributed by atoms with Gasteiger partial charge in [0.2, 0.25) is 11.8 Å². The first-order chi connectivity index (χ1) is 12.5. The Labute approximate surface area is 154 Å². The number of nitrogens with zero attached hydrogens (tertiary/aromatic N) is 1. The zero-order valence-corrected chi connectivity index (χ0v) is 15.3. The van der Waals surface area contributed by atoms with Gasteiger partial charge in [-0.3, -0.25) is 9.59 Å². The topological polar surface area (TPSA) is 49.4 Å². The third-order valence-corrected chi connectivity index (χ3v) is 5.64. The van der Waals surface area contributed by atoms with Crippen LogP contribution in [0.4, 0.5) is 5.69 Å². The standard InChI is InChI=1S/C22H24N2O2/c1-15-7-8-19(16(2)13-15)23-20(25)22(10-11-22)21(26)24-12-9-17-5-3-4-6-18(17)14-24/h3-8,13H,9-12,14H2,1-2H3,(H,23,25). The third-order valence-electron chi connectivity index (χ3n) is 5.64. The van der Waals surface area contributed by atoms with Crippen molar-refractivity contribution < 1.29 is 9.59 Å². The van der Waals surface area contributed by atoms with E-state index in [1.165, 1.54) is 11.1 Å². The number of fused-ring (bicyclic) bond motifs is 1. The summed E-state index contributed by atoms with van der Waals surface area (Å²) in [5.41, 5.74) is 4.60. The maximum absolute atomic E-state index is 13.1. The molecule has 1 heterocycles. The highest BCUT2D eigenvalue weighted by Gasteiger charge is 2.58. The lowest BCUT2D eigenvalue weighted by Crippen LogP contribution is -2.45. The molecule has 0 bridgehead atoms. The van der Waals surface area contributed by atoms with Gasteiger partial charge in [0.15, 0.2) is 0 Å². The second kappa shape index (κ2) is 6.27. The molecule has 0 atom stereocenters. The zero-order chi connectivity index (χ0) is 18.3. The van der Waals surface area contributed by atoms with Crippen LogP contribution in [-0.4, -0.2) is 23.3 Å². The Balaban J connectivity index is 1.50. The molecule has 1 aliphatic heterocycles. The molecular weight excluding hydrogens is 324 g/mol. The van der Waals surface area contributed by atoms with E-state index < -0.39 is 5.41 Å². The summed E-state index contributed by atoms with van der Waals surface area (Å²) >= 11 is 0. The van der Waals surface area contributed by atoms with Crippen molar-refractivity contribution in [3.63, 3.8) is 0 Å². The molecule has 2 amide bonds. The van der Waals surface area contributed by atoms with Gasteiger partial charge in [-0.15, -0.1) is 0 Å². The van der Waals surface area contributed by atoms with Crippen LogP contribution in [0, 0.1) is 19.3 Å². The quantitative estimate of drug-likeness (QED) is 0.862. The Kier molecular flexibility index (Phi) is 4.06. The van der Waals surface area contributed by atoms with Crippen LogP contribution >= 0.6 is 0 Å². The Morgan fingerprint density at radius 1 is 1.04 bits per heavy atom. The van der Waals surface area contributed by atoms with Crippen LogP contribution in [-0.2, 0) is 22.6 Å². The van der Waals surface area contributed by atoms with E-state index in [2.05, 4.69) is 17.4 Å². The molecular formula is C22H24N2O2. The number of amides is 2. The molecule has 2 aliphatic rings. The summed E-state index contributed by atoms with van der Waals surface area (Å²) < 4.78 is 0. The summed E-state index contributed by atoms with van der Waals surface area (Å²) in [7, 11) is 0. The van der Waals surface area contributed by atoms with Gasteiger partial charge in [0.25, 0.3) is 0 Å². The van der Waals surface area contributed by atoms with Gasteiger partial charge in [-0.25, -0.2) is 0 Å². The Morgan fingerprint density at radius 3 is 2.46 bits per heavy atom. The lowest BCUT2D eigenvalue weighted by molar-refractivity contribution is -0.143. The molecule has 4 rings (SSSR count). The van der Waals surface area contributed by atoms with E-state index in [1.54, 1.807) is 0 Å². The van der Waals surface area contributed by atoms with Crippen molar-refractivity contribution in [1.82, 2.24) is 4.90 Å². The van der Waals surface area contributed by atoms with Crippen LogP contribution in [0.2, 0.25) is 0 Å². The molecule has 2 aromatic carbocycles. The van der Waals surface area contributed by atoms with Gasteiger partial charge in [0.1, 0.15) is 5.41 Å². The molecule has 0 radical (unpaired) electrons. The van der Waals surface area contributed by atoms with Crippen LogP contribution in [0.3, 0.4) is 0 Å². The fourth-order valence-electron chi connectivity index (χ4n) is 3.83. The van der Waals surface area contributed by atoms with Crippen molar-refractivity contribution in [2.45, 2.75) is 39.7 Å². The van der Waals surface area contributed by atoms with Crippen molar-refractivity contribution in [3.8, 4) is 0 Å². The predicted molar refractivity (Wildman–Crippen MR) is 102 cm³/mol. The Hall–Kier alpha value is -2.62. The first-order valence-corrected chi connectivity index (χ1v) is 9.24. The number of nitrogens with one attached hydrogen (secondary N) is 1. The fraction of sp³-hybridized carbons (Fsp3) is 0.364. The third kappa shape index (κ3) is 2.90. The molecule has 1 aliphatic carbocycles. The SMILES string of the molecule is Cc1ccc(NC(=O)C2(C(=O)N3CCc4ccccc4C3)CC2)c(C)c1. The normalized spacial score (nSPS) is 17.4. The molecule has 2 aromatic rings. The average molecular weight is 348 g/mol. The fourth-order valence-corrected chi connectivity index (χ4v) is 3.83. The number of carbonyl (C=O) groups excluding carboxylic acids is 2. The molecule has 4 nitrogen and oxygen atoms in total. The van der Waals surface area contributed by atoms with Gasteiger partial charge in [0, 0.05) is 18.8 Å². The van der Waals surface area contributed by atoms with Crippen molar-refractivity contribution in [2.75, 3.05) is 11.9 Å². The molecule has 0 saturated heterocycles. The second-order valence-electron chi connectivity index (χ2n) is 7.60. The lowest BCUT2D eigenvalue weighted by atomic mass is 9.96. The molecule has 1 N–H and O–H groups in total. The first-order valence-electron chi connectivity index (χ1n) is 9.24.